The Hall–Kier alpha value is -2.27. The second kappa shape index (κ2) is 8.39. The molecule has 0 saturated heterocycles. The molecule has 0 spiro atoms. The lowest BCUT2D eigenvalue weighted by Crippen LogP contribution is -2.42. The van der Waals surface area contributed by atoms with Crippen molar-refractivity contribution in [3.8, 4) is 0 Å². The third-order valence-corrected chi connectivity index (χ3v) is 3.61. The molecule has 2 aromatic rings. The number of carbonyl (C=O) groups is 1. The first-order valence-electron chi connectivity index (χ1n) is 7.86. The van der Waals surface area contributed by atoms with Gasteiger partial charge in [0, 0.05) is 19.0 Å². The van der Waals surface area contributed by atoms with Crippen LogP contribution in [-0.4, -0.2) is 23.7 Å². The molecule has 3 N–H and O–H groups in total. The Morgan fingerprint density at radius 2 is 2.13 bits per heavy atom. The summed E-state index contributed by atoms with van der Waals surface area (Å²) in [6.07, 6.45) is 2.00. The van der Waals surface area contributed by atoms with Crippen LogP contribution in [0.1, 0.15) is 36.3 Å². The Balaban J connectivity index is 1.67. The maximum atomic E-state index is 11.9. The van der Waals surface area contributed by atoms with Crippen LogP contribution in [0.5, 0.6) is 0 Å². The summed E-state index contributed by atoms with van der Waals surface area (Å²) in [6.45, 7) is 4.48. The minimum absolute atomic E-state index is 0.158. The van der Waals surface area contributed by atoms with E-state index in [2.05, 4.69) is 35.8 Å². The molecule has 124 valence electrons. The molecule has 0 bridgehead atoms. The molecule has 2 atom stereocenters. The lowest BCUT2D eigenvalue weighted by atomic mass is 10.1. The molecule has 0 aliphatic heterocycles. The zero-order valence-electron chi connectivity index (χ0n) is 13.6. The minimum Gasteiger partial charge on any atom is -0.467 e. The molecular weight excluding hydrogens is 292 g/mol. The summed E-state index contributed by atoms with van der Waals surface area (Å²) in [4.78, 5) is 11.9. The van der Waals surface area contributed by atoms with Crippen molar-refractivity contribution in [2.45, 2.75) is 38.8 Å². The number of rotatable bonds is 7. The molecule has 2 amide bonds. The van der Waals surface area contributed by atoms with E-state index in [9.17, 15) is 9.90 Å². The van der Waals surface area contributed by atoms with Crippen LogP contribution in [0, 0.1) is 6.92 Å². The van der Waals surface area contributed by atoms with E-state index in [0.717, 1.165) is 6.42 Å². The smallest absolute Gasteiger partial charge is 0.315 e. The van der Waals surface area contributed by atoms with Crippen molar-refractivity contribution < 1.29 is 14.3 Å². The van der Waals surface area contributed by atoms with E-state index in [4.69, 9.17) is 4.42 Å². The van der Waals surface area contributed by atoms with Crippen LogP contribution in [0.15, 0.2) is 47.1 Å². The lowest BCUT2D eigenvalue weighted by molar-refractivity contribution is 0.129. The van der Waals surface area contributed by atoms with Gasteiger partial charge in [-0.05, 0) is 38.0 Å². The number of carbonyl (C=O) groups excluding carboxylic acids is 1. The Bertz CT molecular complexity index is 610. The van der Waals surface area contributed by atoms with Crippen molar-refractivity contribution >= 4 is 6.03 Å². The lowest BCUT2D eigenvalue weighted by Gasteiger charge is -2.17. The predicted octanol–water partition coefficient (Wildman–Crippen LogP) is 2.94. The molecule has 23 heavy (non-hydrogen) atoms. The van der Waals surface area contributed by atoms with Gasteiger partial charge in [0.2, 0.25) is 0 Å². The first kappa shape index (κ1) is 17.1. The zero-order valence-corrected chi connectivity index (χ0v) is 13.6. The van der Waals surface area contributed by atoms with Crippen LogP contribution in [0.3, 0.4) is 0 Å². The quantitative estimate of drug-likeness (QED) is 0.735. The van der Waals surface area contributed by atoms with Crippen molar-refractivity contribution in [3.63, 3.8) is 0 Å². The molecule has 2 unspecified atom stereocenters. The summed E-state index contributed by atoms with van der Waals surface area (Å²) in [5, 5.41) is 15.6. The first-order valence-corrected chi connectivity index (χ1v) is 7.86. The van der Waals surface area contributed by atoms with Gasteiger partial charge >= 0.3 is 6.03 Å². The topological polar surface area (TPSA) is 74.5 Å². The molecule has 0 radical (unpaired) electrons. The highest BCUT2D eigenvalue weighted by molar-refractivity contribution is 5.74. The van der Waals surface area contributed by atoms with Crippen LogP contribution >= 0.6 is 0 Å². The van der Waals surface area contributed by atoms with E-state index >= 15 is 0 Å². The monoisotopic (exact) mass is 316 g/mol. The van der Waals surface area contributed by atoms with Crippen molar-refractivity contribution in [2.24, 2.45) is 0 Å². The second-order valence-corrected chi connectivity index (χ2v) is 5.81. The number of urea groups is 1. The van der Waals surface area contributed by atoms with Crippen LogP contribution in [0.4, 0.5) is 4.79 Å². The molecular formula is C18H24N2O3. The molecule has 1 heterocycles. The third kappa shape index (κ3) is 5.79. The fourth-order valence-corrected chi connectivity index (χ4v) is 2.45. The molecule has 0 aliphatic carbocycles. The summed E-state index contributed by atoms with van der Waals surface area (Å²) < 4.78 is 5.15. The number of aliphatic hydroxyl groups excluding tert-OH is 1. The fourth-order valence-electron chi connectivity index (χ4n) is 2.45. The minimum atomic E-state index is -0.715. The predicted molar refractivity (Wildman–Crippen MR) is 89.2 cm³/mol. The summed E-state index contributed by atoms with van der Waals surface area (Å²) in [6, 6.07) is 11.3. The molecule has 0 aliphatic rings. The van der Waals surface area contributed by atoms with Crippen molar-refractivity contribution in [2.75, 3.05) is 6.54 Å². The van der Waals surface area contributed by atoms with Gasteiger partial charge in [0.05, 0.1) is 6.26 Å². The normalized spacial score (nSPS) is 13.3. The molecule has 1 aromatic heterocycles. The highest BCUT2D eigenvalue weighted by Crippen LogP contribution is 2.18. The highest BCUT2D eigenvalue weighted by Gasteiger charge is 2.16. The van der Waals surface area contributed by atoms with Crippen molar-refractivity contribution in [3.05, 3.63) is 59.5 Å². The van der Waals surface area contributed by atoms with Crippen LogP contribution in [-0.2, 0) is 6.42 Å². The maximum Gasteiger partial charge on any atom is 0.315 e. The van der Waals surface area contributed by atoms with E-state index in [1.807, 2.05) is 13.0 Å². The van der Waals surface area contributed by atoms with Gasteiger partial charge in [-0.3, -0.25) is 0 Å². The fraction of sp³-hybridized carbons (Fsp3) is 0.389. The molecule has 0 fully saturated rings. The number of hydrogen-bond acceptors (Lipinski definition) is 3. The number of benzene rings is 1. The van der Waals surface area contributed by atoms with Crippen LogP contribution in [0.25, 0.3) is 0 Å². The summed E-state index contributed by atoms with van der Waals surface area (Å²) in [5.74, 6) is 0.513. The number of aliphatic hydroxyl groups is 1. The Morgan fingerprint density at radius 1 is 1.30 bits per heavy atom. The van der Waals surface area contributed by atoms with Gasteiger partial charge < -0.3 is 20.2 Å². The van der Waals surface area contributed by atoms with Gasteiger partial charge in [-0.15, -0.1) is 0 Å². The SMILES string of the molecule is Cc1cccc(CCNC(=O)NC(C)CC(O)c2ccco2)c1. The maximum absolute atomic E-state index is 11.9. The second-order valence-electron chi connectivity index (χ2n) is 5.81. The Labute approximate surface area is 136 Å². The number of nitrogens with one attached hydrogen (secondary N) is 2. The first-order chi connectivity index (χ1) is 11.0. The van der Waals surface area contributed by atoms with E-state index in [1.165, 1.54) is 17.4 Å². The summed E-state index contributed by atoms with van der Waals surface area (Å²) in [5.41, 5.74) is 2.42. The summed E-state index contributed by atoms with van der Waals surface area (Å²) >= 11 is 0. The number of amides is 2. The summed E-state index contributed by atoms with van der Waals surface area (Å²) in [7, 11) is 0. The van der Waals surface area contributed by atoms with E-state index in [-0.39, 0.29) is 12.1 Å². The Morgan fingerprint density at radius 3 is 2.83 bits per heavy atom. The van der Waals surface area contributed by atoms with Crippen molar-refractivity contribution in [1.29, 1.82) is 0 Å². The average Bonchev–Trinajstić information content (AvgIpc) is 3.01. The van der Waals surface area contributed by atoms with Crippen LogP contribution in [0.2, 0.25) is 0 Å². The van der Waals surface area contributed by atoms with E-state index in [0.29, 0.717) is 18.7 Å². The van der Waals surface area contributed by atoms with E-state index in [1.54, 1.807) is 12.1 Å². The number of hydrogen-bond donors (Lipinski definition) is 3. The largest absolute Gasteiger partial charge is 0.467 e. The van der Waals surface area contributed by atoms with E-state index < -0.39 is 6.10 Å². The third-order valence-electron chi connectivity index (χ3n) is 3.61. The van der Waals surface area contributed by atoms with Crippen molar-refractivity contribution in [1.82, 2.24) is 10.6 Å². The standard InChI is InChI=1S/C18H24N2O3/c1-13-5-3-6-15(11-13)8-9-19-18(22)20-14(2)12-16(21)17-7-4-10-23-17/h3-7,10-11,14,16,21H,8-9,12H2,1-2H3,(H2,19,20,22). The van der Waals surface area contributed by atoms with Gasteiger partial charge in [-0.25, -0.2) is 4.79 Å². The average molecular weight is 316 g/mol. The van der Waals surface area contributed by atoms with Gasteiger partial charge in [0.25, 0.3) is 0 Å². The van der Waals surface area contributed by atoms with Gasteiger partial charge in [0.1, 0.15) is 11.9 Å². The highest BCUT2D eigenvalue weighted by atomic mass is 16.4. The Kier molecular flexibility index (Phi) is 6.23. The van der Waals surface area contributed by atoms with Crippen LogP contribution < -0.4 is 10.6 Å². The molecule has 5 nitrogen and oxygen atoms in total. The van der Waals surface area contributed by atoms with Gasteiger partial charge in [-0.2, -0.15) is 0 Å². The number of furan rings is 1. The molecule has 5 heteroatoms. The zero-order chi connectivity index (χ0) is 16.7. The molecule has 2 rings (SSSR count). The van der Waals surface area contributed by atoms with Gasteiger partial charge in [0.15, 0.2) is 0 Å². The molecule has 0 saturated carbocycles. The molecule has 1 aromatic carbocycles. The van der Waals surface area contributed by atoms with Gasteiger partial charge in [-0.1, -0.05) is 29.8 Å². The number of aryl methyl sites for hydroxylation is 1.